The van der Waals surface area contributed by atoms with Crippen LogP contribution in [0.5, 0.6) is 0 Å². The first-order chi connectivity index (χ1) is 17.3. The molecule has 2 aliphatic rings. The molecule has 1 aliphatic heterocycles. The molecule has 1 aromatic heterocycles. The number of nitrogens with one attached hydrogen (secondary N) is 3. The van der Waals surface area contributed by atoms with Crippen LogP contribution >= 0.6 is 11.3 Å². The minimum atomic E-state index is -0.319. The normalized spacial score (nSPS) is 20.8. The number of amides is 2. The second-order valence-electron chi connectivity index (χ2n) is 9.35. The molecule has 5 N–H and O–H groups in total. The lowest BCUT2D eigenvalue weighted by molar-refractivity contribution is -0.114. The van der Waals surface area contributed by atoms with Gasteiger partial charge in [0.2, 0.25) is 11.7 Å². The van der Waals surface area contributed by atoms with Crippen LogP contribution < -0.4 is 21.7 Å². The third-order valence-electron chi connectivity index (χ3n) is 6.96. The van der Waals surface area contributed by atoms with Crippen LogP contribution in [0.25, 0.3) is 0 Å². The number of nitrogens with zero attached hydrogens (tertiary/aromatic N) is 2. The van der Waals surface area contributed by atoms with Gasteiger partial charge < -0.3 is 21.7 Å². The van der Waals surface area contributed by atoms with Gasteiger partial charge in [0.05, 0.1) is 5.69 Å². The highest BCUT2D eigenvalue weighted by molar-refractivity contribution is 7.18. The fourth-order valence-electron chi connectivity index (χ4n) is 4.93. The van der Waals surface area contributed by atoms with Crippen molar-refractivity contribution < 1.29 is 14.4 Å². The number of carbonyl (C=O) groups excluding carboxylic acids is 3. The lowest BCUT2D eigenvalue weighted by atomic mass is 10.1. The van der Waals surface area contributed by atoms with Crippen molar-refractivity contribution in [2.24, 2.45) is 0 Å². The summed E-state index contributed by atoms with van der Waals surface area (Å²) >= 11 is 1.13. The number of benzene rings is 2. The molecular formula is C26H28N6O3S. The van der Waals surface area contributed by atoms with Crippen molar-refractivity contribution in [2.45, 2.75) is 37.8 Å². The molecule has 1 aliphatic carbocycles. The Morgan fingerprint density at radius 2 is 1.89 bits per heavy atom. The summed E-state index contributed by atoms with van der Waals surface area (Å²) in [5, 5.41) is 9.44. The molecule has 1 spiro atoms. The maximum Gasteiger partial charge on any atom is 0.251 e. The van der Waals surface area contributed by atoms with Crippen LogP contribution in [-0.2, 0) is 4.79 Å². The monoisotopic (exact) mass is 504 g/mol. The lowest BCUT2D eigenvalue weighted by Gasteiger charge is -2.20. The van der Waals surface area contributed by atoms with E-state index < -0.39 is 0 Å². The second kappa shape index (κ2) is 9.36. The summed E-state index contributed by atoms with van der Waals surface area (Å²) in [5.74, 6) is -0.556. The number of nitrogens with two attached hydrogens (primary N) is 1. The molecule has 2 fully saturated rings. The molecule has 9 nitrogen and oxygen atoms in total. The zero-order chi connectivity index (χ0) is 25.4. The first-order valence-corrected chi connectivity index (χ1v) is 12.7. The SMILES string of the molecule is CC(=O)Nc1ccccc1C(=O)c1sc(Nc2ccc(C(=O)N[C@@H]3CC34CCCN4C)cc2)nc1N. The summed E-state index contributed by atoms with van der Waals surface area (Å²) in [5.41, 5.74) is 8.27. The van der Waals surface area contributed by atoms with Crippen molar-refractivity contribution in [3.63, 3.8) is 0 Å². The van der Waals surface area contributed by atoms with Crippen LogP contribution in [0.15, 0.2) is 48.5 Å². The maximum absolute atomic E-state index is 13.1. The number of carbonyl (C=O) groups is 3. The van der Waals surface area contributed by atoms with E-state index in [4.69, 9.17) is 5.73 Å². The van der Waals surface area contributed by atoms with E-state index in [2.05, 4.69) is 32.9 Å². The zero-order valence-corrected chi connectivity index (χ0v) is 20.9. The minimum Gasteiger partial charge on any atom is -0.382 e. The second-order valence-corrected chi connectivity index (χ2v) is 10.3. The number of likely N-dealkylation sites (N-methyl/N-ethyl adjacent to an activating group) is 1. The van der Waals surface area contributed by atoms with Gasteiger partial charge in [-0.2, -0.15) is 0 Å². The van der Waals surface area contributed by atoms with E-state index in [1.807, 2.05) is 0 Å². The van der Waals surface area contributed by atoms with Gasteiger partial charge in [-0.25, -0.2) is 4.98 Å². The van der Waals surface area contributed by atoms with Gasteiger partial charge in [-0.3, -0.25) is 19.3 Å². The van der Waals surface area contributed by atoms with Crippen molar-refractivity contribution in [3.8, 4) is 0 Å². The Morgan fingerprint density at radius 3 is 2.58 bits per heavy atom. The maximum atomic E-state index is 13.1. The van der Waals surface area contributed by atoms with Gasteiger partial charge in [-0.15, -0.1) is 0 Å². The van der Waals surface area contributed by atoms with Crippen LogP contribution in [0.3, 0.4) is 0 Å². The number of nitrogen functional groups attached to an aromatic ring is 1. The molecule has 36 heavy (non-hydrogen) atoms. The number of ketones is 1. The predicted molar refractivity (Wildman–Crippen MR) is 141 cm³/mol. The van der Waals surface area contributed by atoms with Crippen LogP contribution in [0.2, 0.25) is 0 Å². The summed E-state index contributed by atoms with van der Waals surface area (Å²) in [6.45, 7) is 2.47. The Kier molecular flexibility index (Phi) is 6.23. The van der Waals surface area contributed by atoms with Crippen molar-refractivity contribution in [2.75, 3.05) is 30.0 Å². The molecule has 1 unspecified atom stereocenters. The van der Waals surface area contributed by atoms with Gasteiger partial charge in [0.25, 0.3) is 5.91 Å². The fourth-order valence-corrected chi connectivity index (χ4v) is 5.79. The highest BCUT2D eigenvalue weighted by Gasteiger charge is 2.59. The Hall–Kier alpha value is -3.76. The molecule has 0 bridgehead atoms. The standard InChI is InChI=1S/C26H28N6O3S/c1-15(33)28-19-7-4-3-6-18(19)21(34)22-23(27)31-25(36-22)29-17-10-8-16(9-11-17)24(35)30-20-14-26(20)12-5-13-32(26)2/h3-4,6-11,20H,5,12-14,27H2,1-2H3,(H,28,33)(H,29,31)(H,30,35)/t20-,26?/m1/s1. The molecule has 3 aromatic rings. The van der Waals surface area contributed by atoms with Gasteiger partial charge in [0, 0.05) is 35.3 Å². The van der Waals surface area contributed by atoms with Crippen molar-refractivity contribution in [1.29, 1.82) is 0 Å². The molecule has 0 radical (unpaired) electrons. The summed E-state index contributed by atoms with van der Waals surface area (Å²) in [6, 6.07) is 14.1. The number of thiazole rings is 1. The molecule has 2 aromatic carbocycles. The third kappa shape index (κ3) is 4.57. The number of hydrogen-bond acceptors (Lipinski definition) is 8. The zero-order valence-electron chi connectivity index (χ0n) is 20.1. The van der Waals surface area contributed by atoms with E-state index in [-0.39, 0.29) is 39.9 Å². The van der Waals surface area contributed by atoms with Crippen LogP contribution in [0, 0.1) is 0 Å². The van der Waals surface area contributed by atoms with E-state index in [1.165, 1.54) is 13.3 Å². The number of rotatable bonds is 7. The van der Waals surface area contributed by atoms with E-state index in [9.17, 15) is 14.4 Å². The largest absolute Gasteiger partial charge is 0.382 e. The minimum absolute atomic E-state index is 0.0760. The van der Waals surface area contributed by atoms with Crippen molar-refractivity contribution >= 4 is 51.3 Å². The summed E-state index contributed by atoms with van der Waals surface area (Å²) in [4.78, 5) is 44.3. The molecular weight excluding hydrogens is 476 g/mol. The number of likely N-dealkylation sites (tertiary alicyclic amines) is 1. The van der Waals surface area contributed by atoms with E-state index in [0.29, 0.717) is 21.9 Å². The van der Waals surface area contributed by atoms with Crippen LogP contribution in [0.1, 0.15) is 51.8 Å². The Bertz CT molecular complexity index is 1340. The number of para-hydroxylation sites is 1. The summed E-state index contributed by atoms with van der Waals surface area (Å²) < 4.78 is 0. The molecule has 5 rings (SSSR count). The van der Waals surface area contributed by atoms with Crippen LogP contribution in [0.4, 0.5) is 22.3 Å². The third-order valence-corrected chi connectivity index (χ3v) is 7.94. The molecule has 186 valence electrons. The lowest BCUT2D eigenvalue weighted by Crippen LogP contribution is -2.38. The molecule has 2 amide bonds. The summed E-state index contributed by atoms with van der Waals surface area (Å²) in [7, 11) is 2.13. The molecule has 1 saturated heterocycles. The van der Waals surface area contributed by atoms with Crippen molar-refractivity contribution in [1.82, 2.24) is 15.2 Å². The first kappa shape index (κ1) is 24.0. The quantitative estimate of drug-likeness (QED) is 0.362. The number of aromatic nitrogens is 1. The first-order valence-electron chi connectivity index (χ1n) is 11.8. The fraction of sp³-hybridized carbons (Fsp3) is 0.308. The average molecular weight is 505 g/mol. The number of anilines is 4. The molecule has 10 heteroatoms. The van der Waals surface area contributed by atoms with Gasteiger partial charge in [-0.05, 0) is 69.3 Å². The molecule has 1 saturated carbocycles. The highest BCUT2D eigenvalue weighted by Crippen LogP contribution is 2.48. The van der Waals surface area contributed by atoms with Crippen molar-refractivity contribution in [3.05, 3.63) is 64.5 Å². The summed E-state index contributed by atoms with van der Waals surface area (Å²) in [6.07, 6.45) is 3.33. The van der Waals surface area contributed by atoms with E-state index >= 15 is 0 Å². The van der Waals surface area contributed by atoms with E-state index in [1.54, 1.807) is 48.5 Å². The Morgan fingerprint density at radius 1 is 1.14 bits per heavy atom. The van der Waals surface area contributed by atoms with Gasteiger partial charge in [0.15, 0.2) is 5.13 Å². The Balaban J connectivity index is 1.25. The topological polar surface area (TPSA) is 129 Å². The van der Waals surface area contributed by atoms with E-state index in [0.717, 1.165) is 36.4 Å². The molecule has 2 atom stereocenters. The van der Waals surface area contributed by atoms with Gasteiger partial charge >= 0.3 is 0 Å². The Labute approximate surface area is 213 Å². The predicted octanol–water partition coefficient (Wildman–Crippen LogP) is 3.62. The average Bonchev–Trinajstić information content (AvgIpc) is 3.22. The van der Waals surface area contributed by atoms with Gasteiger partial charge in [-0.1, -0.05) is 23.5 Å². The highest BCUT2D eigenvalue weighted by atomic mass is 32.1. The molecule has 2 heterocycles. The number of hydrogen-bond donors (Lipinski definition) is 4. The van der Waals surface area contributed by atoms with Crippen LogP contribution in [-0.4, -0.2) is 52.7 Å². The smallest absolute Gasteiger partial charge is 0.251 e. The van der Waals surface area contributed by atoms with Gasteiger partial charge in [0.1, 0.15) is 10.7 Å².